The molecule has 0 saturated carbocycles. The fourth-order valence-corrected chi connectivity index (χ4v) is 3.67. The number of carbonyl (C=O) groups excluding carboxylic acids is 2. The maximum absolute atomic E-state index is 12.6. The minimum absolute atomic E-state index is 0.000984. The van der Waals surface area contributed by atoms with Crippen LogP contribution in [-0.4, -0.2) is 59.0 Å². The van der Waals surface area contributed by atoms with Crippen LogP contribution < -0.4 is 25.4 Å². The Labute approximate surface area is 187 Å². The zero-order chi connectivity index (χ0) is 23.7. The number of nitrogens with one attached hydrogen (secondary N) is 3. The van der Waals surface area contributed by atoms with Gasteiger partial charge in [0.2, 0.25) is 15.9 Å². The van der Waals surface area contributed by atoms with Gasteiger partial charge < -0.3 is 25.4 Å². The molecule has 3 amide bonds. The summed E-state index contributed by atoms with van der Waals surface area (Å²) < 4.78 is 36.7. The first kappa shape index (κ1) is 25.0. The molecule has 3 N–H and O–H groups in total. The third kappa shape index (κ3) is 6.86. The molecule has 0 atom stereocenters. The number of methoxy groups -OCH3 is 1. The van der Waals surface area contributed by atoms with Gasteiger partial charge in [-0.25, -0.2) is 17.5 Å². The second kappa shape index (κ2) is 11.3. The van der Waals surface area contributed by atoms with Crippen LogP contribution in [0.1, 0.15) is 13.3 Å². The Bertz CT molecular complexity index is 1040. The fourth-order valence-electron chi connectivity index (χ4n) is 2.62. The molecule has 2 rings (SSSR count). The molecular formula is C21H28N4O6S. The lowest BCUT2D eigenvalue weighted by Crippen LogP contribution is -2.31. The van der Waals surface area contributed by atoms with Crippen molar-refractivity contribution in [3.8, 4) is 11.5 Å². The third-order valence-electron chi connectivity index (χ3n) is 4.27. The summed E-state index contributed by atoms with van der Waals surface area (Å²) in [6.45, 7) is 2.14. The molecule has 0 spiro atoms. The van der Waals surface area contributed by atoms with Crippen LogP contribution in [0.3, 0.4) is 0 Å². The monoisotopic (exact) mass is 464 g/mol. The van der Waals surface area contributed by atoms with Gasteiger partial charge in [0.1, 0.15) is 16.4 Å². The van der Waals surface area contributed by atoms with Gasteiger partial charge in [-0.1, -0.05) is 0 Å². The van der Waals surface area contributed by atoms with Crippen LogP contribution in [0.4, 0.5) is 16.2 Å². The number of carbonyl (C=O) groups is 2. The molecule has 10 nitrogen and oxygen atoms in total. The van der Waals surface area contributed by atoms with Crippen LogP contribution in [0.15, 0.2) is 47.4 Å². The number of rotatable bonds is 10. The average molecular weight is 465 g/mol. The number of urea groups is 1. The molecule has 0 heterocycles. The largest absolute Gasteiger partial charge is 0.497 e. The second-order valence-corrected chi connectivity index (χ2v) is 8.91. The molecule has 0 radical (unpaired) electrons. The number of ether oxygens (including phenoxy) is 2. The molecule has 0 aromatic heterocycles. The van der Waals surface area contributed by atoms with Gasteiger partial charge in [0.15, 0.2) is 0 Å². The van der Waals surface area contributed by atoms with Gasteiger partial charge in [-0.3, -0.25) is 4.79 Å². The van der Waals surface area contributed by atoms with Crippen molar-refractivity contribution in [3.05, 3.63) is 42.5 Å². The lowest BCUT2D eigenvalue weighted by atomic mass is 10.3. The number of sulfonamides is 1. The molecule has 0 bridgehead atoms. The van der Waals surface area contributed by atoms with Gasteiger partial charge in [0.05, 0.1) is 13.7 Å². The summed E-state index contributed by atoms with van der Waals surface area (Å²) in [6.07, 6.45) is -0.000984. The summed E-state index contributed by atoms with van der Waals surface area (Å²) in [7, 11) is 0.616. The fraction of sp³-hybridized carbons (Fsp3) is 0.333. The Morgan fingerprint density at radius 1 is 1.00 bits per heavy atom. The lowest BCUT2D eigenvalue weighted by molar-refractivity contribution is -0.116. The quantitative estimate of drug-likeness (QED) is 0.496. The molecule has 11 heteroatoms. The molecule has 2 aromatic carbocycles. The van der Waals surface area contributed by atoms with E-state index in [-0.39, 0.29) is 29.5 Å². The smallest absolute Gasteiger partial charge is 0.319 e. The lowest BCUT2D eigenvalue weighted by Gasteiger charge is -2.16. The van der Waals surface area contributed by atoms with E-state index in [9.17, 15) is 18.0 Å². The van der Waals surface area contributed by atoms with Crippen molar-refractivity contribution in [2.24, 2.45) is 0 Å². The second-order valence-electron chi connectivity index (χ2n) is 6.79. The Kier molecular flexibility index (Phi) is 8.85. The van der Waals surface area contributed by atoms with E-state index in [4.69, 9.17) is 9.47 Å². The topological polar surface area (TPSA) is 126 Å². The Morgan fingerprint density at radius 3 is 2.25 bits per heavy atom. The first-order valence-electron chi connectivity index (χ1n) is 9.85. The molecular weight excluding hydrogens is 436 g/mol. The van der Waals surface area contributed by atoms with Gasteiger partial charge in [-0.2, -0.15) is 0 Å². The predicted molar refractivity (Wildman–Crippen MR) is 122 cm³/mol. The SMILES string of the molecule is CCOc1ccc(NC(=O)CCNC(=O)Nc2ccc(OC)cc2)cc1S(=O)(=O)N(C)C. The highest BCUT2D eigenvalue weighted by molar-refractivity contribution is 7.89. The normalized spacial score (nSPS) is 11.0. The van der Waals surface area contributed by atoms with Crippen LogP contribution in [-0.2, 0) is 14.8 Å². The highest BCUT2D eigenvalue weighted by Gasteiger charge is 2.23. The van der Waals surface area contributed by atoms with Crippen molar-refractivity contribution in [1.29, 1.82) is 0 Å². The Morgan fingerprint density at radius 2 is 1.66 bits per heavy atom. The first-order valence-corrected chi connectivity index (χ1v) is 11.3. The number of nitrogens with zero attached hydrogens (tertiary/aromatic N) is 1. The zero-order valence-electron chi connectivity index (χ0n) is 18.5. The number of hydrogen-bond acceptors (Lipinski definition) is 6. The zero-order valence-corrected chi connectivity index (χ0v) is 19.3. The molecule has 0 saturated heterocycles. The van der Waals surface area contributed by atoms with E-state index >= 15 is 0 Å². The van der Waals surface area contributed by atoms with E-state index in [0.717, 1.165) is 4.31 Å². The molecule has 32 heavy (non-hydrogen) atoms. The molecule has 0 unspecified atom stereocenters. The highest BCUT2D eigenvalue weighted by atomic mass is 32.2. The Balaban J connectivity index is 1.92. The summed E-state index contributed by atoms with van der Waals surface area (Å²) in [4.78, 5) is 24.2. The van der Waals surface area contributed by atoms with Crippen LogP contribution in [0.5, 0.6) is 11.5 Å². The van der Waals surface area contributed by atoms with Gasteiger partial charge in [-0.15, -0.1) is 0 Å². The molecule has 0 aliphatic heterocycles. The van der Waals surface area contributed by atoms with Gasteiger partial charge in [0, 0.05) is 38.4 Å². The van der Waals surface area contributed by atoms with E-state index in [1.54, 1.807) is 44.4 Å². The van der Waals surface area contributed by atoms with Crippen molar-refractivity contribution in [1.82, 2.24) is 9.62 Å². The highest BCUT2D eigenvalue weighted by Crippen LogP contribution is 2.29. The standard InChI is InChI=1S/C21H28N4O6S/c1-5-31-18-11-8-16(14-19(18)32(28,29)25(2)3)23-20(26)12-13-22-21(27)24-15-6-9-17(30-4)10-7-15/h6-11,14H,5,12-13H2,1-4H3,(H,23,26)(H2,22,24,27). The van der Waals surface area contributed by atoms with E-state index in [1.165, 1.54) is 26.2 Å². The summed E-state index contributed by atoms with van der Waals surface area (Å²) in [6, 6.07) is 10.8. The molecule has 174 valence electrons. The molecule has 0 aliphatic carbocycles. The molecule has 0 fully saturated rings. The predicted octanol–water partition coefficient (Wildman–Crippen LogP) is 2.49. The summed E-state index contributed by atoms with van der Waals surface area (Å²) in [5.41, 5.74) is 0.887. The van der Waals surface area contributed by atoms with Gasteiger partial charge in [0.25, 0.3) is 0 Å². The number of anilines is 2. The van der Waals surface area contributed by atoms with E-state index in [0.29, 0.717) is 23.7 Å². The van der Waals surface area contributed by atoms with Gasteiger partial charge >= 0.3 is 6.03 Å². The third-order valence-corrected chi connectivity index (χ3v) is 6.11. The van der Waals surface area contributed by atoms with Crippen molar-refractivity contribution < 1.29 is 27.5 Å². The number of benzene rings is 2. The average Bonchev–Trinajstić information content (AvgIpc) is 2.75. The van der Waals surface area contributed by atoms with Crippen LogP contribution in [0.2, 0.25) is 0 Å². The van der Waals surface area contributed by atoms with Crippen LogP contribution in [0, 0.1) is 0 Å². The maximum Gasteiger partial charge on any atom is 0.319 e. The van der Waals surface area contributed by atoms with Crippen LogP contribution >= 0.6 is 0 Å². The van der Waals surface area contributed by atoms with Crippen molar-refractivity contribution in [3.63, 3.8) is 0 Å². The summed E-state index contributed by atoms with van der Waals surface area (Å²) >= 11 is 0. The van der Waals surface area contributed by atoms with Crippen LogP contribution in [0.25, 0.3) is 0 Å². The number of hydrogen-bond donors (Lipinski definition) is 3. The number of amides is 3. The van der Waals surface area contributed by atoms with E-state index in [1.807, 2.05) is 0 Å². The summed E-state index contributed by atoms with van der Waals surface area (Å²) in [5, 5.41) is 7.87. The minimum Gasteiger partial charge on any atom is -0.497 e. The summed E-state index contributed by atoms with van der Waals surface area (Å²) in [5.74, 6) is 0.492. The van der Waals surface area contributed by atoms with Crippen molar-refractivity contribution >= 4 is 33.3 Å². The maximum atomic E-state index is 12.6. The Hall–Kier alpha value is -3.31. The van der Waals surface area contributed by atoms with E-state index in [2.05, 4.69) is 16.0 Å². The van der Waals surface area contributed by atoms with Crippen molar-refractivity contribution in [2.45, 2.75) is 18.2 Å². The molecule has 2 aromatic rings. The molecule has 0 aliphatic rings. The van der Waals surface area contributed by atoms with E-state index < -0.39 is 16.1 Å². The first-order chi connectivity index (χ1) is 15.2. The minimum atomic E-state index is -3.77. The van der Waals surface area contributed by atoms with Crippen molar-refractivity contribution in [2.75, 3.05) is 45.0 Å². The van der Waals surface area contributed by atoms with Gasteiger partial charge in [-0.05, 0) is 49.4 Å².